The van der Waals surface area contributed by atoms with Crippen molar-refractivity contribution >= 4 is 66.7 Å². The molecule has 10 aromatic rings. The highest BCUT2D eigenvalue weighted by Crippen LogP contribution is 2.43. The molecule has 0 saturated heterocycles. The van der Waals surface area contributed by atoms with Gasteiger partial charge in [-0.2, -0.15) is 0 Å². The predicted molar refractivity (Wildman–Crippen MR) is 226 cm³/mol. The maximum absolute atomic E-state index is 5.10. The van der Waals surface area contributed by atoms with Crippen LogP contribution in [0.3, 0.4) is 0 Å². The Kier molecular flexibility index (Phi) is 7.77. The van der Waals surface area contributed by atoms with Gasteiger partial charge >= 0.3 is 0 Å². The molecule has 0 N–H and O–H groups in total. The van der Waals surface area contributed by atoms with Crippen LogP contribution in [0, 0.1) is 0 Å². The minimum absolute atomic E-state index is 0.916. The van der Waals surface area contributed by atoms with Crippen LogP contribution in [0.4, 0.5) is 34.1 Å². The average molecular weight is 691 g/mol. The predicted octanol–water partition coefficient (Wildman–Crippen LogP) is 13.6. The largest absolute Gasteiger partial charge is 0.310 e. The van der Waals surface area contributed by atoms with E-state index in [0.717, 1.165) is 61.3 Å². The van der Waals surface area contributed by atoms with Gasteiger partial charge in [-0.05, 0) is 95.1 Å². The molecule has 0 atom stereocenters. The zero-order chi connectivity index (χ0) is 35.8. The monoisotopic (exact) mass is 690 g/mol. The second kappa shape index (κ2) is 13.4. The Morgan fingerprint density at radius 1 is 0.278 bits per heavy atom. The van der Waals surface area contributed by atoms with Crippen LogP contribution < -0.4 is 9.80 Å². The summed E-state index contributed by atoms with van der Waals surface area (Å²) in [5, 5.41) is 4.40. The van der Waals surface area contributed by atoms with E-state index in [-0.39, 0.29) is 0 Å². The normalized spacial score (nSPS) is 11.3. The van der Waals surface area contributed by atoms with Crippen molar-refractivity contribution in [3.05, 3.63) is 207 Å². The molecule has 0 spiro atoms. The van der Waals surface area contributed by atoms with Crippen LogP contribution in [0.15, 0.2) is 207 Å². The third-order valence-electron chi connectivity index (χ3n) is 10.2. The molecule has 0 radical (unpaired) electrons. The molecule has 0 unspecified atom stereocenters. The minimum atomic E-state index is 0.916. The van der Waals surface area contributed by atoms with E-state index in [1.165, 1.54) is 27.6 Å². The van der Waals surface area contributed by atoms with Gasteiger partial charge in [0.1, 0.15) is 0 Å². The summed E-state index contributed by atoms with van der Waals surface area (Å²) >= 11 is 0. The van der Waals surface area contributed by atoms with Crippen molar-refractivity contribution < 1.29 is 0 Å². The third kappa shape index (κ3) is 5.67. The number of hydrogen-bond acceptors (Lipinski definition) is 4. The summed E-state index contributed by atoms with van der Waals surface area (Å²) in [5.41, 5.74) is 13.0. The molecule has 4 nitrogen and oxygen atoms in total. The summed E-state index contributed by atoms with van der Waals surface area (Å²) in [4.78, 5) is 14.8. The zero-order valence-corrected chi connectivity index (χ0v) is 29.4. The number of rotatable bonds is 8. The van der Waals surface area contributed by atoms with E-state index in [1.54, 1.807) is 0 Å². The van der Waals surface area contributed by atoms with Gasteiger partial charge in [0.25, 0.3) is 0 Å². The fourth-order valence-electron chi connectivity index (χ4n) is 7.67. The van der Waals surface area contributed by atoms with Crippen molar-refractivity contribution in [3.8, 4) is 22.3 Å². The average Bonchev–Trinajstić information content (AvgIpc) is 3.25. The molecule has 2 aromatic heterocycles. The Labute approximate surface area is 314 Å². The maximum atomic E-state index is 5.10. The van der Waals surface area contributed by atoms with Crippen molar-refractivity contribution in [2.24, 2.45) is 0 Å². The molecule has 8 aromatic carbocycles. The summed E-state index contributed by atoms with van der Waals surface area (Å²) in [5.74, 6) is 0. The lowest BCUT2D eigenvalue weighted by atomic mass is 9.99. The summed E-state index contributed by atoms with van der Waals surface area (Å²) < 4.78 is 0. The Hall–Kier alpha value is -7.30. The van der Waals surface area contributed by atoms with E-state index in [9.17, 15) is 0 Å². The van der Waals surface area contributed by atoms with E-state index in [1.807, 2.05) is 18.5 Å². The molecule has 2 heterocycles. The smallest absolute Gasteiger partial charge is 0.0751 e. The van der Waals surface area contributed by atoms with E-state index in [4.69, 9.17) is 9.97 Å². The number of aromatic nitrogens is 2. The van der Waals surface area contributed by atoms with E-state index < -0.39 is 0 Å². The number of hydrogen-bond donors (Lipinski definition) is 0. The van der Waals surface area contributed by atoms with Crippen molar-refractivity contribution in [3.63, 3.8) is 0 Å². The van der Waals surface area contributed by atoms with Crippen LogP contribution in [0.1, 0.15) is 0 Å². The van der Waals surface area contributed by atoms with Crippen LogP contribution in [-0.2, 0) is 0 Å². The third-order valence-corrected chi connectivity index (χ3v) is 10.2. The Bertz CT molecular complexity index is 2570. The van der Waals surface area contributed by atoms with Crippen molar-refractivity contribution in [2.45, 2.75) is 0 Å². The van der Waals surface area contributed by atoms with Crippen LogP contribution >= 0.6 is 0 Å². The van der Waals surface area contributed by atoms with E-state index in [2.05, 4.69) is 198 Å². The second-order valence-electron chi connectivity index (χ2n) is 13.5. The standard InChI is InChI=1S/C50H34N4/c1-5-13-35(14-6-1)37-21-25-43(26-22-37)53(41-17-9-3-10-18-41)45-29-39-33-51-47-31-46(32-48-50(47)49(39)40(30-45)34-52-48)54(42-19-11-4-12-20-42)44-27-23-38(24-28-44)36-15-7-2-8-16-36/h1-34H. The Balaban J connectivity index is 1.08. The number of anilines is 6. The molecular weight excluding hydrogens is 657 g/mol. The first kappa shape index (κ1) is 31.4. The van der Waals surface area contributed by atoms with Gasteiger partial charge in [0, 0.05) is 62.4 Å². The van der Waals surface area contributed by atoms with Gasteiger partial charge in [0.15, 0.2) is 0 Å². The quantitative estimate of drug-likeness (QED) is 0.149. The lowest BCUT2D eigenvalue weighted by Crippen LogP contribution is -2.11. The Morgan fingerprint density at radius 3 is 1.02 bits per heavy atom. The number of para-hydroxylation sites is 2. The lowest BCUT2D eigenvalue weighted by molar-refractivity contribution is 1.28. The lowest BCUT2D eigenvalue weighted by Gasteiger charge is -2.27. The molecule has 0 bridgehead atoms. The molecule has 0 fully saturated rings. The first-order valence-electron chi connectivity index (χ1n) is 18.2. The maximum Gasteiger partial charge on any atom is 0.0751 e. The molecule has 4 heteroatoms. The molecular formula is C50H34N4. The van der Waals surface area contributed by atoms with Gasteiger partial charge in [0.2, 0.25) is 0 Å². The fraction of sp³-hybridized carbons (Fsp3) is 0. The zero-order valence-electron chi connectivity index (χ0n) is 29.4. The summed E-state index contributed by atoms with van der Waals surface area (Å²) in [6.45, 7) is 0. The molecule has 0 aliphatic heterocycles. The molecule has 0 saturated carbocycles. The van der Waals surface area contributed by atoms with E-state index >= 15 is 0 Å². The molecule has 254 valence electrons. The molecule has 0 aliphatic rings. The highest BCUT2D eigenvalue weighted by molar-refractivity contribution is 6.22. The van der Waals surface area contributed by atoms with Gasteiger partial charge in [0.05, 0.1) is 16.7 Å². The highest BCUT2D eigenvalue weighted by Gasteiger charge is 2.20. The molecule has 54 heavy (non-hydrogen) atoms. The SMILES string of the molecule is c1ccc(-c2ccc(N(c3ccccc3)c3cc4cnc5cc(N(c6ccccc6)c6ccc(-c7ccccc7)cc6)cc6ncc(c3)c4c56)cc2)cc1. The van der Waals surface area contributed by atoms with Gasteiger partial charge in [-0.15, -0.1) is 0 Å². The van der Waals surface area contributed by atoms with Gasteiger partial charge in [-0.3, -0.25) is 9.97 Å². The first-order chi connectivity index (χ1) is 26.8. The topological polar surface area (TPSA) is 32.3 Å². The number of nitrogens with zero attached hydrogens (tertiary/aromatic N) is 4. The minimum Gasteiger partial charge on any atom is -0.310 e. The summed E-state index contributed by atoms with van der Waals surface area (Å²) in [7, 11) is 0. The number of pyridine rings is 2. The fourth-order valence-corrected chi connectivity index (χ4v) is 7.67. The first-order valence-corrected chi connectivity index (χ1v) is 18.2. The Morgan fingerprint density at radius 2 is 0.611 bits per heavy atom. The summed E-state index contributed by atoms with van der Waals surface area (Å²) in [6, 6.07) is 68.5. The van der Waals surface area contributed by atoms with Gasteiger partial charge in [-0.1, -0.05) is 121 Å². The van der Waals surface area contributed by atoms with Crippen LogP contribution in [0.25, 0.3) is 54.8 Å². The molecule has 0 aliphatic carbocycles. The van der Waals surface area contributed by atoms with Gasteiger partial charge in [-0.25, -0.2) is 0 Å². The second-order valence-corrected chi connectivity index (χ2v) is 13.5. The number of benzene rings is 8. The van der Waals surface area contributed by atoms with Crippen LogP contribution in [0.5, 0.6) is 0 Å². The summed E-state index contributed by atoms with van der Waals surface area (Å²) in [6.07, 6.45) is 4.03. The van der Waals surface area contributed by atoms with E-state index in [0.29, 0.717) is 0 Å². The molecule has 0 amide bonds. The molecule has 10 rings (SSSR count). The van der Waals surface area contributed by atoms with Crippen molar-refractivity contribution in [1.82, 2.24) is 9.97 Å². The van der Waals surface area contributed by atoms with Gasteiger partial charge < -0.3 is 9.80 Å². The van der Waals surface area contributed by atoms with Crippen molar-refractivity contribution in [1.29, 1.82) is 0 Å². The van der Waals surface area contributed by atoms with Crippen LogP contribution in [0.2, 0.25) is 0 Å². The van der Waals surface area contributed by atoms with Crippen molar-refractivity contribution in [2.75, 3.05) is 9.80 Å². The highest BCUT2D eigenvalue weighted by atomic mass is 15.1. The van der Waals surface area contributed by atoms with Crippen LogP contribution in [-0.4, -0.2) is 9.97 Å².